The lowest BCUT2D eigenvalue weighted by atomic mass is 9.82. The molecule has 0 saturated carbocycles. The highest BCUT2D eigenvalue weighted by molar-refractivity contribution is 6.21. The molecule has 0 radical (unpaired) electrons. The van der Waals surface area contributed by atoms with Crippen molar-refractivity contribution in [2.45, 2.75) is 25.3 Å². The molecule has 5 aromatic rings. The molecule has 3 heterocycles. The highest BCUT2D eigenvalue weighted by Crippen LogP contribution is 2.40. The molecular weight excluding hydrogens is 440 g/mol. The number of benzene rings is 3. The molecule has 2 N–H and O–H groups in total. The van der Waals surface area contributed by atoms with Crippen molar-refractivity contribution in [1.29, 1.82) is 0 Å². The van der Waals surface area contributed by atoms with Gasteiger partial charge in [-0.2, -0.15) is 5.10 Å². The molecule has 2 aromatic heterocycles. The molecule has 2 amide bonds. The molecule has 7 heteroatoms. The predicted molar refractivity (Wildman–Crippen MR) is 131 cm³/mol. The average molecular weight is 460 g/mol. The van der Waals surface area contributed by atoms with Crippen molar-refractivity contribution in [3.05, 3.63) is 89.1 Å². The monoisotopic (exact) mass is 460 g/mol. The van der Waals surface area contributed by atoms with Crippen molar-refractivity contribution >= 4 is 33.6 Å². The minimum absolute atomic E-state index is 0.187. The number of aryl methyl sites for hydroxylation is 1. The summed E-state index contributed by atoms with van der Waals surface area (Å²) in [5, 5.41) is 19.2. The van der Waals surface area contributed by atoms with Crippen LogP contribution in [-0.4, -0.2) is 43.0 Å². The third-order valence-electron chi connectivity index (χ3n) is 7.29. The van der Waals surface area contributed by atoms with Crippen molar-refractivity contribution in [3.8, 4) is 17.0 Å². The average Bonchev–Trinajstić information content (AvgIpc) is 3.46. The van der Waals surface area contributed by atoms with Crippen molar-refractivity contribution < 1.29 is 14.7 Å². The first-order chi connectivity index (χ1) is 17.1. The van der Waals surface area contributed by atoms with Crippen LogP contribution in [0.2, 0.25) is 0 Å². The van der Waals surface area contributed by atoms with Gasteiger partial charge < -0.3 is 5.11 Å². The van der Waals surface area contributed by atoms with Gasteiger partial charge in [0.1, 0.15) is 5.75 Å². The van der Waals surface area contributed by atoms with Crippen LogP contribution in [0.5, 0.6) is 5.75 Å². The second-order valence-electron chi connectivity index (χ2n) is 9.18. The molecule has 0 fully saturated rings. The third kappa shape index (κ3) is 2.84. The molecule has 0 saturated heterocycles. The van der Waals surface area contributed by atoms with Gasteiger partial charge >= 0.3 is 0 Å². The van der Waals surface area contributed by atoms with Crippen LogP contribution >= 0.6 is 0 Å². The Balaban J connectivity index is 1.41. The lowest BCUT2D eigenvalue weighted by Gasteiger charge is -2.32. The number of pyridine rings is 1. The lowest BCUT2D eigenvalue weighted by Crippen LogP contribution is -2.43. The van der Waals surface area contributed by atoms with Gasteiger partial charge in [-0.3, -0.25) is 19.6 Å². The van der Waals surface area contributed by atoms with Crippen LogP contribution in [0, 0.1) is 0 Å². The molecule has 1 aliphatic carbocycles. The van der Waals surface area contributed by atoms with Crippen LogP contribution in [0.25, 0.3) is 33.1 Å². The highest BCUT2D eigenvalue weighted by Gasteiger charge is 2.41. The van der Waals surface area contributed by atoms with E-state index in [1.165, 1.54) is 10.5 Å². The number of H-pyrrole nitrogens is 1. The maximum Gasteiger partial charge on any atom is 0.261 e. The number of carbonyl (C=O) groups excluding carboxylic acids is 2. The van der Waals surface area contributed by atoms with E-state index in [4.69, 9.17) is 4.98 Å². The first kappa shape index (κ1) is 19.9. The van der Waals surface area contributed by atoms with Gasteiger partial charge in [-0.15, -0.1) is 0 Å². The summed E-state index contributed by atoms with van der Waals surface area (Å²) in [5.74, 6) is -0.264. The largest absolute Gasteiger partial charge is 0.508 e. The number of carbonyl (C=O) groups is 2. The second kappa shape index (κ2) is 7.24. The maximum absolute atomic E-state index is 13.2. The van der Waals surface area contributed by atoms with E-state index in [0.29, 0.717) is 30.4 Å². The molecule has 1 aliphatic heterocycles. The standard InChI is InChI=1S/C28H20N4O3/c33-17-8-5-15(6-9-17)26-21-13-16(32-27(34)19-3-1-2-4-20(19)28(32)35)7-10-18(21)25-22-14-29-31-23(22)11-12-24(25)30-26/h1-6,8-9,11-12,14,16,33H,7,10,13H2,(H,29,31). The van der Waals surface area contributed by atoms with Crippen molar-refractivity contribution in [2.24, 2.45) is 0 Å². The molecule has 1 atom stereocenters. The first-order valence-corrected chi connectivity index (χ1v) is 11.6. The number of aromatic hydroxyl groups is 1. The quantitative estimate of drug-likeness (QED) is 0.374. The second-order valence-corrected chi connectivity index (χ2v) is 9.18. The molecule has 7 nitrogen and oxygen atoms in total. The topological polar surface area (TPSA) is 99.2 Å². The van der Waals surface area contributed by atoms with Gasteiger partial charge in [0.15, 0.2) is 0 Å². The number of hydrogen-bond acceptors (Lipinski definition) is 5. The Morgan fingerprint density at radius 3 is 2.40 bits per heavy atom. The maximum atomic E-state index is 13.2. The number of rotatable bonds is 2. The number of phenols is 1. The van der Waals surface area contributed by atoms with Gasteiger partial charge in [-0.1, -0.05) is 12.1 Å². The first-order valence-electron chi connectivity index (χ1n) is 11.6. The Hall–Kier alpha value is -4.52. The summed E-state index contributed by atoms with van der Waals surface area (Å²) in [7, 11) is 0. The van der Waals surface area contributed by atoms with Gasteiger partial charge in [0.05, 0.1) is 34.1 Å². The summed E-state index contributed by atoms with van der Waals surface area (Å²) in [6, 6.07) is 17.8. The predicted octanol–water partition coefficient (Wildman–Crippen LogP) is 4.64. The number of imide groups is 1. The molecule has 170 valence electrons. The van der Waals surface area contributed by atoms with Crippen LogP contribution in [0.4, 0.5) is 0 Å². The summed E-state index contributed by atoms with van der Waals surface area (Å²) in [4.78, 5) is 32.9. The van der Waals surface area contributed by atoms with Crippen LogP contribution < -0.4 is 0 Å². The minimum atomic E-state index is -0.256. The molecular formula is C28H20N4O3. The number of aromatic amines is 1. The lowest BCUT2D eigenvalue weighted by molar-refractivity contribution is 0.0571. The van der Waals surface area contributed by atoms with E-state index in [9.17, 15) is 14.7 Å². The third-order valence-corrected chi connectivity index (χ3v) is 7.29. The zero-order chi connectivity index (χ0) is 23.7. The molecule has 35 heavy (non-hydrogen) atoms. The summed E-state index contributed by atoms with van der Waals surface area (Å²) in [5.41, 5.74) is 6.68. The summed E-state index contributed by atoms with van der Waals surface area (Å²) >= 11 is 0. The van der Waals surface area contributed by atoms with Gasteiger partial charge in [-0.05, 0) is 78.9 Å². The Morgan fingerprint density at radius 2 is 1.66 bits per heavy atom. The van der Waals surface area contributed by atoms with Crippen LogP contribution in [0.3, 0.4) is 0 Å². The number of amides is 2. The Kier molecular flexibility index (Phi) is 4.12. The van der Waals surface area contributed by atoms with E-state index in [1.807, 2.05) is 30.5 Å². The molecule has 0 bridgehead atoms. The SMILES string of the molecule is O=C1c2ccccc2C(=O)N1C1CCc2c(c(-c3ccc(O)cc3)nc3ccc4[nH]ncc4c23)C1. The minimum Gasteiger partial charge on any atom is -0.508 e. The van der Waals surface area contributed by atoms with Crippen molar-refractivity contribution in [1.82, 2.24) is 20.1 Å². The normalized spacial score (nSPS) is 17.3. The fraction of sp³-hybridized carbons (Fsp3) is 0.143. The summed E-state index contributed by atoms with van der Waals surface area (Å²) < 4.78 is 0. The van der Waals surface area contributed by atoms with Crippen molar-refractivity contribution in [3.63, 3.8) is 0 Å². The highest BCUT2D eigenvalue weighted by atomic mass is 16.3. The summed E-state index contributed by atoms with van der Waals surface area (Å²) in [6.45, 7) is 0. The fourth-order valence-electron chi connectivity index (χ4n) is 5.66. The Bertz CT molecular complexity index is 1650. The Labute approximate surface area is 200 Å². The zero-order valence-electron chi connectivity index (χ0n) is 18.7. The number of nitrogens with zero attached hydrogens (tertiary/aromatic N) is 3. The van der Waals surface area contributed by atoms with Crippen LogP contribution in [0.15, 0.2) is 66.9 Å². The van der Waals surface area contributed by atoms with E-state index in [1.54, 1.807) is 36.4 Å². The molecule has 7 rings (SSSR count). The van der Waals surface area contributed by atoms with Gasteiger partial charge in [-0.25, -0.2) is 4.98 Å². The molecule has 2 aliphatic rings. The van der Waals surface area contributed by atoms with E-state index in [2.05, 4.69) is 10.2 Å². The number of nitrogens with one attached hydrogen (secondary N) is 1. The van der Waals surface area contributed by atoms with E-state index < -0.39 is 0 Å². The van der Waals surface area contributed by atoms with Crippen LogP contribution in [-0.2, 0) is 12.8 Å². The Morgan fingerprint density at radius 1 is 0.914 bits per heavy atom. The van der Waals surface area contributed by atoms with E-state index in [-0.39, 0.29) is 23.6 Å². The number of hydrogen-bond donors (Lipinski definition) is 2. The smallest absolute Gasteiger partial charge is 0.261 e. The van der Waals surface area contributed by atoms with Crippen LogP contribution in [0.1, 0.15) is 38.3 Å². The number of fused-ring (bicyclic) bond motifs is 6. The number of phenolic OH excluding ortho intramolecular Hbond substituents is 1. The van der Waals surface area contributed by atoms with Gasteiger partial charge in [0, 0.05) is 22.4 Å². The molecule has 1 unspecified atom stereocenters. The van der Waals surface area contributed by atoms with Gasteiger partial charge in [0.2, 0.25) is 0 Å². The fourth-order valence-corrected chi connectivity index (χ4v) is 5.66. The van der Waals surface area contributed by atoms with E-state index in [0.717, 1.165) is 38.6 Å². The molecule has 0 spiro atoms. The van der Waals surface area contributed by atoms with Crippen molar-refractivity contribution in [2.75, 3.05) is 0 Å². The number of aromatic nitrogens is 3. The van der Waals surface area contributed by atoms with E-state index >= 15 is 0 Å². The molecule has 3 aromatic carbocycles. The zero-order valence-corrected chi connectivity index (χ0v) is 18.7. The van der Waals surface area contributed by atoms with Gasteiger partial charge in [0.25, 0.3) is 11.8 Å². The summed E-state index contributed by atoms with van der Waals surface area (Å²) in [6.07, 6.45) is 3.74.